The van der Waals surface area contributed by atoms with Gasteiger partial charge in [0.2, 0.25) is 0 Å². The standard InChI is InChI=1S/C14H21NO2/c1-3-4-11(2)10-15-12-5-6-13-14(9-12)17-8-7-16-13/h5-6,9,11,15H,3-4,7-8,10H2,1-2H3. The lowest BCUT2D eigenvalue weighted by Gasteiger charge is -2.19. The Bertz CT molecular complexity index is 365. The lowest BCUT2D eigenvalue weighted by atomic mass is 10.1. The number of fused-ring (bicyclic) bond motifs is 1. The van der Waals surface area contributed by atoms with Gasteiger partial charge in [-0.05, 0) is 24.5 Å². The van der Waals surface area contributed by atoms with Gasteiger partial charge in [0, 0.05) is 18.3 Å². The summed E-state index contributed by atoms with van der Waals surface area (Å²) in [5.41, 5.74) is 1.11. The third kappa shape index (κ3) is 3.29. The van der Waals surface area contributed by atoms with Crippen molar-refractivity contribution in [2.24, 2.45) is 5.92 Å². The normalized spacial score (nSPS) is 15.4. The van der Waals surface area contributed by atoms with Crippen LogP contribution in [0.1, 0.15) is 26.7 Å². The molecule has 2 rings (SSSR count). The van der Waals surface area contributed by atoms with Crippen LogP contribution in [0.25, 0.3) is 0 Å². The lowest BCUT2D eigenvalue weighted by molar-refractivity contribution is 0.171. The molecule has 0 spiro atoms. The Balaban J connectivity index is 1.93. The van der Waals surface area contributed by atoms with E-state index in [0.29, 0.717) is 19.1 Å². The van der Waals surface area contributed by atoms with Crippen molar-refractivity contribution in [3.63, 3.8) is 0 Å². The van der Waals surface area contributed by atoms with E-state index in [-0.39, 0.29) is 0 Å². The molecule has 1 aromatic rings. The van der Waals surface area contributed by atoms with Gasteiger partial charge in [-0.1, -0.05) is 20.3 Å². The van der Waals surface area contributed by atoms with E-state index in [0.717, 1.165) is 23.7 Å². The van der Waals surface area contributed by atoms with Gasteiger partial charge in [-0.2, -0.15) is 0 Å². The zero-order valence-electron chi connectivity index (χ0n) is 10.7. The van der Waals surface area contributed by atoms with Crippen molar-refractivity contribution in [1.29, 1.82) is 0 Å². The summed E-state index contributed by atoms with van der Waals surface area (Å²) in [5, 5.41) is 3.44. The van der Waals surface area contributed by atoms with Crippen molar-refractivity contribution in [2.75, 3.05) is 25.1 Å². The van der Waals surface area contributed by atoms with E-state index < -0.39 is 0 Å². The predicted molar refractivity (Wildman–Crippen MR) is 70.0 cm³/mol. The highest BCUT2D eigenvalue weighted by Gasteiger charge is 2.11. The first kappa shape index (κ1) is 12.1. The van der Waals surface area contributed by atoms with Crippen molar-refractivity contribution >= 4 is 5.69 Å². The van der Waals surface area contributed by atoms with Gasteiger partial charge >= 0.3 is 0 Å². The van der Waals surface area contributed by atoms with Crippen LogP contribution in [0.5, 0.6) is 11.5 Å². The van der Waals surface area contributed by atoms with E-state index in [9.17, 15) is 0 Å². The number of ether oxygens (including phenoxy) is 2. The average Bonchev–Trinajstić information content (AvgIpc) is 2.36. The number of benzene rings is 1. The van der Waals surface area contributed by atoms with E-state index >= 15 is 0 Å². The summed E-state index contributed by atoms with van der Waals surface area (Å²) in [5.74, 6) is 2.40. The van der Waals surface area contributed by atoms with Gasteiger partial charge in [-0.3, -0.25) is 0 Å². The molecule has 0 aromatic heterocycles. The SMILES string of the molecule is CCCC(C)CNc1ccc2c(c1)OCCO2. The number of rotatable bonds is 5. The van der Waals surface area contributed by atoms with Gasteiger partial charge < -0.3 is 14.8 Å². The Morgan fingerprint density at radius 2 is 2.00 bits per heavy atom. The van der Waals surface area contributed by atoms with Crippen molar-refractivity contribution in [3.05, 3.63) is 18.2 Å². The molecule has 0 radical (unpaired) electrons. The maximum Gasteiger partial charge on any atom is 0.163 e. The van der Waals surface area contributed by atoms with Gasteiger partial charge in [-0.15, -0.1) is 0 Å². The van der Waals surface area contributed by atoms with Gasteiger partial charge in [0.1, 0.15) is 13.2 Å². The largest absolute Gasteiger partial charge is 0.486 e. The summed E-state index contributed by atoms with van der Waals surface area (Å²) in [7, 11) is 0. The maximum absolute atomic E-state index is 5.55. The summed E-state index contributed by atoms with van der Waals surface area (Å²) in [6.45, 7) is 6.79. The summed E-state index contributed by atoms with van der Waals surface area (Å²) >= 11 is 0. The summed E-state index contributed by atoms with van der Waals surface area (Å²) < 4.78 is 11.0. The fourth-order valence-corrected chi connectivity index (χ4v) is 2.04. The van der Waals surface area contributed by atoms with E-state index in [1.54, 1.807) is 0 Å². The Hall–Kier alpha value is -1.38. The molecule has 1 aromatic carbocycles. The molecule has 0 aliphatic carbocycles. The van der Waals surface area contributed by atoms with Gasteiger partial charge in [0.15, 0.2) is 11.5 Å². The second kappa shape index (κ2) is 5.80. The van der Waals surface area contributed by atoms with Crippen LogP contribution in [0.15, 0.2) is 18.2 Å². The molecule has 3 nitrogen and oxygen atoms in total. The highest BCUT2D eigenvalue weighted by atomic mass is 16.6. The summed E-state index contributed by atoms with van der Waals surface area (Å²) in [4.78, 5) is 0. The number of nitrogens with one attached hydrogen (secondary N) is 1. The van der Waals surface area contributed by atoms with E-state index in [1.807, 2.05) is 18.2 Å². The van der Waals surface area contributed by atoms with E-state index in [4.69, 9.17) is 9.47 Å². The molecule has 0 fully saturated rings. The number of hydrogen-bond acceptors (Lipinski definition) is 3. The molecule has 1 atom stereocenters. The highest BCUT2D eigenvalue weighted by Crippen LogP contribution is 2.32. The van der Waals surface area contributed by atoms with Gasteiger partial charge in [0.05, 0.1) is 0 Å². The molecule has 1 aliphatic heterocycles. The fourth-order valence-electron chi connectivity index (χ4n) is 2.04. The number of hydrogen-bond donors (Lipinski definition) is 1. The average molecular weight is 235 g/mol. The minimum atomic E-state index is 0.642. The summed E-state index contributed by atoms with van der Waals surface area (Å²) in [6.07, 6.45) is 2.50. The van der Waals surface area contributed by atoms with Crippen molar-refractivity contribution in [1.82, 2.24) is 0 Å². The fraction of sp³-hybridized carbons (Fsp3) is 0.571. The highest BCUT2D eigenvalue weighted by molar-refractivity contribution is 5.55. The molecule has 0 saturated heterocycles. The van der Waals surface area contributed by atoms with Crippen molar-refractivity contribution in [3.8, 4) is 11.5 Å². The second-order valence-electron chi connectivity index (χ2n) is 4.63. The molecule has 94 valence electrons. The zero-order chi connectivity index (χ0) is 12.1. The molecule has 0 saturated carbocycles. The Morgan fingerprint density at radius 3 is 2.76 bits per heavy atom. The molecular weight excluding hydrogens is 214 g/mol. The van der Waals surface area contributed by atoms with E-state index in [2.05, 4.69) is 19.2 Å². The molecular formula is C14H21NO2. The van der Waals surface area contributed by atoms with Crippen LogP contribution in [0.2, 0.25) is 0 Å². The zero-order valence-corrected chi connectivity index (χ0v) is 10.7. The lowest BCUT2D eigenvalue weighted by Crippen LogP contribution is -2.16. The molecule has 1 aliphatic rings. The maximum atomic E-state index is 5.55. The van der Waals surface area contributed by atoms with Gasteiger partial charge in [-0.25, -0.2) is 0 Å². The minimum absolute atomic E-state index is 0.642. The van der Waals surface area contributed by atoms with Crippen LogP contribution in [-0.4, -0.2) is 19.8 Å². The first-order chi connectivity index (χ1) is 8.29. The third-order valence-corrected chi connectivity index (χ3v) is 2.98. The van der Waals surface area contributed by atoms with Crippen LogP contribution in [0.4, 0.5) is 5.69 Å². The minimum Gasteiger partial charge on any atom is -0.486 e. The molecule has 3 heteroatoms. The molecule has 17 heavy (non-hydrogen) atoms. The smallest absolute Gasteiger partial charge is 0.163 e. The van der Waals surface area contributed by atoms with Crippen molar-refractivity contribution in [2.45, 2.75) is 26.7 Å². The monoisotopic (exact) mass is 235 g/mol. The molecule has 0 bridgehead atoms. The molecule has 0 amide bonds. The molecule has 1 heterocycles. The second-order valence-corrected chi connectivity index (χ2v) is 4.63. The Kier molecular flexibility index (Phi) is 4.13. The van der Waals surface area contributed by atoms with Crippen LogP contribution in [0, 0.1) is 5.92 Å². The van der Waals surface area contributed by atoms with E-state index in [1.165, 1.54) is 12.8 Å². The van der Waals surface area contributed by atoms with Crippen LogP contribution >= 0.6 is 0 Å². The quantitative estimate of drug-likeness (QED) is 0.849. The molecule has 1 N–H and O–H groups in total. The first-order valence-corrected chi connectivity index (χ1v) is 6.43. The molecule has 1 unspecified atom stereocenters. The Labute approximate surface area is 103 Å². The third-order valence-electron chi connectivity index (χ3n) is 2.98. The first-order valence-electron chi connectivity index (χ1n) is 6.43. The Morgan fingerprint density at radius 1 is 1.24 bits per heavy atom. The van der Waals surface area contributed by atoms with Crippen LogP contribution < -0.4 is 14.8 Å². The predicted octanol–water partition coefficient (Wildman–Crippen LogP) is 3.31. The van der Waals surface area contributed by atoms with Crippen LogP contribution in [-0.2, 0) is 0 Å². The number of anilines is 1. The topological polar surface area (TPSA) is 30.5 Å². The summed E-state index contributed by atoms with van der Waals surface area (Å²) in [6, 6.07) is 6.04. The van der Waals surface area contributed by atoms with Gasteiger partial charge in [0.25, 0.3) is 0 Å². The van der Waals surface area contributed by atoms with Crippen molar-refractivity contribution < 1.29 is 9.47 Å². The van der Waals surface area contributed by atoms with Crippen LogP contribution in [0.3, 0.4) is 0 Å².